The zero-order valence-electron chi connectivity index (χ0n) is 41.8. The lowest BCUT2D eigenvalue weighted by Gasteiger charge is -2.31. The molecule has 19 nitrogen and oxygen atoms in total. The lowest BCUT2D eigenvalue weighted by molar-refractivity contribution is -0.365. The number of piperidine rings is 2. The van der Waals surface area contributed by atoms with Crippen LogP contribution in [-0.2, 0) is 39.6 Å². The highest BCUT2D eigenvalue weighted by Gasteiger charge is 2.46. The molecule has 2 fully saturated rings. The molecular formula is C53H60ClN8O11S2+. The number of hydrogen-bond donors (Lipinski definition) is 6. The van der Waals surface area contributed by atoms with Crippen molar-refractivity contribution in [1.29, 1.82) is 4.78 Å². The molecule has 2 saturated heterocycles. The second kappa shape index (κ2) is 22.9. The minimum atomic E-state index is -3.28. The minimum absolute atomic E-state index is 0.00422. The van der Waals surface area contributed by atoms with E-state index in [-0.39, 0.29) is 101 Å². The van der Waals surface area contributed by atoms with E-state index >= 15 is 0 Å². The summed E-state index contributed by atoms with van der Waals surface area (Å²) in [6.45, 7) is 9.89. The van der Waals surface area contributed by atoms with Crippen LogP contribution in [0.3, 0.4) is 0 Å². The lowest BCUT2D eigenvalue weighted by Crippen LogP contribution is -2.54. The maximum atomic E-state index is 13.9. The van der Waals surface area contributed by atoms with Crippen molar-refractivity contribution in [2.45, 2.75) is 89.8 Å². The zero-order chi connectivity index (χ0) is 53.8. The van der Waals surface area contributed by atoms with Crippen molar-refractivity contribution in [2.75, 3.05) is 48.7 Å². The molecule has 0 radical (unpaired) electrons. The molecule has 8 rings (SSSR count). The number of nitrogens with zero attached hydrogens (tertiary/aromatic N) is 3. The molecule has 22 heteroatoms. The largest absolute Gasteiger partial charge is 0.484 e. The highest BCUT2D eigenvalue weighted by molar-refractivity contribution is 7.85. The number of thiophene rings is 1. The number of amides is 6. The average molecular weight is 1080 g/mol. The highest BCUT2D eigenvalue weighted by Crippen LogP contribution is 2.47. The molecule has 4 unspecified atom stereocenters. The first-order valence-electron chi connectivity index (χ1n) is 24.6. The highest BCUT2D eigenvalue weighted by atomic mass is 35.5. The molecule has 0 saturated carbocycles. The Balaban J connectivity index is 0.816. The SMILES string of the molecule is C=COC(O)COc1c(C(=O)CC(C)(C)C)sc(-c2cccc(NC3CC=[N+](S(=N)(=O)Cc4cccc(NC(=O)C5CCN(C(=O)CNc6cccc7c6C(=O)N(C6CCC(=O)NC6=O)C7=O)CC5)c4)CC3)c2)c1Cl. The molecule has 6 N–H and O–H groups in total. The van der Waals surface area contributed by atoms with Crippen LogP contribution < -0.4 is 26.0 Å². The van der Waals surface area contributed by atoms with Gasteiger partial charge in [-0.05, 0) is 72.2 Å². The van der Waals surface area contributed by atoms with Gasteiger partial charge >= 0.3 is 0 Å². The number of Topliss-reactive ketones (excluding diaryl/α,β-unsaturated/α-hetero) is 1. The number of aliphatic hydroxyl groups excluding tert-OH is 1. The van der Waals surface area contributed by atoms with Crippen LogP contribution in [0.25, 0.3) is 10.4 Å². The normalized spacial score (nSPS) is 19.3. The maximum Gasteiger partial charge on any atom is 0.264 e. The first-order chi connectivity index (χ1) is 35.7. The number of nitrogens with one attached hydrogen (secondary N) is 5. The number of benzene rings is 3. The standard InChI is InChI=1S/C53H59ClN8O11S2/c1-5-72-43(66)29-73-46-45(54)47(74-48(46)40(63)27-53(2,3)4)33-10-7-12-36(26-33)57-34-19-23-61(24-20-34)75(55,71)30-31-9-6-11-35(25-31)58-49(67)32-17-21-60(22-18-32)42(65)28-56-38-14-8-13-37-44(38)52(70)62(51(37)69)39-15-16-41(64)59-50(39)68/h5-14,23,25-26,32,34,39,43,55,57,66H,1,15-22,24,27-30H2,2-4H3,(H2-,56,58,59,64,67,68,70)/p+1. The van der Waals surface area contributed by atoms with Crippen molar-refractivity contribution >= 4 is 97.4 Å². The average Bonchev–Trinajstić information content (AvgIpc) is 3.84. The van der Waals surface area contributed by atoms with Gasteiger partial charge in [0, 0.05) is 67.8 Å². The van der Waals surface area contributed by atoms with Gasteiger partial charge in [0.15, 0.2) is 30.9 Å². The van der Waals surface area contributed by atoms with Gasteiger partial charge < -0.3 is 35.4 Å². The Hall–Kier alpha value is -6.94. The van der Waals surface area contributed by atoms with Gasteiger partial charge in [0.1, 0.15) is 21.7 Å². The quantitative estimate of drug-likeness (QED) is 0.0181. The van der Waals surface area contributed by atoms with Crippen molar-refractivity contribution in [3.63, 3.8) is 0 Å². The summed E-state index contributed by atoms with van der Waals surface area (Å²) in [6, 6.07) is 18.1. The Morgan fingerprint density at radius 1 is 1.01 bits per heavy atom. The number of ketones is 1. The number of carbonyl (C=O) groups is 7. The van der Waals surface area contributed by atoms with Crippen LogP contribution in [0, 0.1) is 16.1 Å². The van der Waals surface area contributed by atoms with Gasteiger partial charge in [-0.25, -0.2) is 0 Å². The van der Waals surface area contributed by atoms with Gasteiger partial charge in [-0.15, -0.1) is 15.3 Å². The number of carbonyl (C=O) groups excluding carboxylic acids is 7. The van der Waals surface area contributed by atoms with Crippen LogP contribution >= 0.6 is 22.9 Å². The topological polar surface area (TPSA) is 257 Å². The molecule has 75 heavy (non-hydrogen) atoms. The molecule has 5 heterocycles. The smallest absolute Gasteiger partial charge is 0.264 e. The Labute approximate surface area is 443 Å². The fraction of sp³-hybridized carbons (Fsp3) is 0.396. The molecule has 6 amide bonds. The molecule has 0 aliphatic carbocycles. The zero-order valence-corrected chi connectivity index (χ0v) is 44.2. The number of hydrogen-bond acceptors (Lipinski definition) is 15. The van der Waals surface area contributed by atoms with Gasteiger partial charge in [-0.2, -0.15) is 8.99 Å². The molecule has 4 aliphatic heterocycles. The minimum Gasteiger partial charge on any atom is -0.484 e. The third-order valence-corrected chi connectivity index (χ3v) is 16.8. The first-order valence-corrected chi connectivity index (χ1v) is 27.5. The summed E-state index contributed by atoms with van der Waals surface area (Å²) in [6.07, 6.45) is 3.77. The number of anilines is 3. The summed E-state index contributed by atoms with van der Waals surface area (Å²) in [7, 11) is -3.28. The van der Waals surface area contributed by atoms with Crippen molar-refractivity contribution in [3.05, 3.63) is 106 Å². The van der Waals surface area contributed by atoms with Crippen LogP contribution in [0.2, 0.25) is 5.02 Å². The third-order valence-electron chi connectivity index (χ3n) is 13.2. The fourth-order valence-electron chi connectivity index (χ4n) is 9.51. The van der Waals surface area contributed by atoms with E-state index in [4.69, 9.17) is 25.9 Å². The van der Waals surface area contributed by atoms with Crippen LogP contribution in [0.15, 0.2) is 79.6 Å². The summed E-state index contributed by atoms with van der Waals surface area (Å²) in [4.78, 5) is 94.6. The summed E-state index contributed by atoms with van der Waals surface area (Å²) in [5.41, 5.74) is 2.81. The van der Waals surface area contributed by atoms with Gasteiger partial charge in [0.25, 0.3) is 21.7 Å². The van der Waals surface area contributed by atoms with Gasteiger partial charge in [-0.1, -0.05) is 69.3 Å². The first kappa shape index (κ1) is 54.3. The van der Waals surface area contributed by atoms with Crippen molar-refractivity contribution in [3.8, 4) is 16.2 Å². The van der Waals surface area contributed by atoms with Crippen LogP contribution in [-0.4, -0.2) is 122 Å². The Morgan fingerprint density at radius 2 is 1.75 bits per heavy atom. The van der Waals surface area contributed by atoms with Gasteiger partial charge in [0.05, 0.1) is 28.8 Å². The lowest BCUT2D eigenvalue weighted by atomic mass is 9.89. The number of likely N-dealkylation sites (tertiary alicyclic amines) is 1. The summed E-state index contributed by atoms with van der Waals surface area (Å²) < 4.78 is 35.3. The van der Waals surface area contributed by atoms with E-state index in [1.54, 1.807) is 51.5 Å². The number of halogens is 1. The molecule has 3 aromatic carbocycles. The van der Waals surface area contributed by atoms with E-state index < -0.39 is 45.9 Å². The van der Waals surface area contributed by atoms with Gasteiger partial charge in [0.2, 0.25) is 29.9 Å². The van der Waals surface area contributed by atoms with E-state index in [0.717, 1.165) is 22.4 Å². The molecule has 396 valence electrons. The fourth-order valence-corrected chi connectivity index (χ4v) is 12.5. The van der Waals surface area contributed by atoms with Crippen molar-refractivity contribution < 1.29 is 56.3 Å². The van der Waals surface area contributed by atoms with Crippen LogP contribution in [0.4, 0.5) is 17.1 Å². The van der Waals surface area contributed by atoms with E-state index in [2.05, 4.69) is 27.8 Å². The van der Waals surface area contributed by atoms with Gasteiger partial charge in [-0.3, -0.25) is 43.8 Å². The monoisotopic (exact) mass is 1080 g/mol. The molecule has 4 aromatic rings. The van der Waals surface area contributed by atoms with E-state index in [1.165, 1.54) is 17.4 Å². The number of imide groups is 2. The molecule has 1 aromatic heterocycles. The Kier molecular flexibility index (Phi) is 16.6. The third kappa shape index (κ3) is 12.8. The Morgan fingerprint density at radius 3 is 2.45 bits per heavy atom. The van der Waals surface area contributed by atoms with Crippen LogP contribution in [0.1, 0.15) is 102 Å². The Bertz CT molecular complexity index is 3090. The molecule has 4 aliphatic rings. The number of ether oxygens (including phenoxy) is 2. The second-order valence-corrected chi connectivity index (χ2v) is 23.5. The van der Waals surface area contributed by atoms with E-state index in [9.17, 15) is 42.9 Å². The van der Waals surface area contributed by atoms with Crippen molar-refractivity contribution in [2.24, 2.45) is 11.3 Å². The van der Waals surface area contributed by atoms with E-state index in [0.29, 0.717) is 66.3 Å². The summed E-state index contributed by atoms with van der Waals surface area (Å²) in [5, 5.41) is 22.0. The molecule has 0 spiro atoms. The molecular weight excluding hydrogens is 1020 g/mol. The van der Waals surface area contributed by atoms with E-state index in [1.807, 2.05) is 45.0 Å². The summed E-state index contributed by atoms with van der Waals surface area (Å²) >= 11 is 8.12. The molecule has 0 bridgehead atoms. The molecule has 4 atom stereocenters. The summed E-state index contributed by atoms with van der Waals surface area (Å²) in [5.74, 6) is -3.40. The number of aliphatic hydroxyl groups is 1. The van der Waals surface area contributed by atoms with Crippen LogP contribution in [0.5, 0.6) is 5.75 Å². The van der Waals surface area contributed by atoms with Crippen molar-refractivity contribution in [1.82, 2.24) is 15.1 Å². The number of rotatable bonds is 19. The predicted octanol–water partition coefficient (Wildman–Crippen LogP) is 7.05. The number of fused-ring (bicyclic) bond motifs is 1. The predicted molar refractivity (Wildman–Crippen MR) is 284 cm³/mol. The maximum absolute atomic E-state index is 13.9. The second-order valence-electron chi connectivity index (χ2n) is 20.1.